The van der Waals surface area contributed by atoms with Gasteiger partial charge in [-0.05, 0) is 0 Å². The number of hydrogen-bond acceptors (Lipinski definition) is 10. The highest BCUT2D eigenvalue weighted by Gasteiger charge is 1.04. The number of isocyanates is 5. The van der Waals surface area contributed by atoms with E-state index in [1.165, 1.54) is 0 Å². The highest BCUT2D eigenvalue weighted by molar-refractivity contribution is 5.27. The zero-order valence-corrected chi connectivity index (χ0v) is 7.04. The Labute approximate surface area is 127 Å². The van der Waals surface area contributed by atoms with Crippen LogP contribution in [0.25, 0.3) is 0 Å². The van der Waals surface area contributed by atoms with Crippen molar-refractivity contribution in [1.29, 1.82) is 27.0 Å². The fraction of sp³-hybridized carbons (Fsp3) is 0.545. The molecule has 0 unspecified atom stereocenters. The van der Waals surface area contributed by atoms with Gasteiger partial charge in [-0.15, -0.1) is 0 Å². The normalized spacial score (nSPS) is 1.90. The maximum Gasteiger partial charge on any atom is 0.231 e. The van der Waals surface area contributed by atoms with Crippen LogP contribution in [0.2, 0.25) is 0 Å². The monoisotopic (exact) mass is 311 g/mol. The van der Waals surface area contributed by atoms with Gasteiger partial charge in [-0.1, -0.05) is 44.6 Å². The van der Waals surface area contributed by atoms with Crippen LogP contribution in [-0.4, -0.2) is 30.4 Å². The van der Waals surface area contributed by atoms with Gasteiger partial charge in [0.2, 0.25) is 30.4 Å². The van der Waals surface area contributed by atoms with E-state index >= 15 is 0 Å². The van der Waals surface area contributed by atoms with E-state index in [9.17, 15) is 0 Å². The van der Waals surface area contributed by atoms with Gasteiger partial charge in [0.25, 0.3) is 0 Å². The maximum atomic E-state index is 8.35. The predicted molar refractivity (Wildman–Crippen MR) is 82.5 cm³/mol. The fourth-order valence-corrected chi connectivity index (χ4v) is 0. The van der Waals surface area contributed by atoms with E-state index in [0.29, 0.717) is 0 Å². The van der Waals surface area contributed by atoms with Crippen LogP contribution < -0.4 is 0 Å². The average Bonchev–Trinajstić information content (AvgIpc) is 2.09. The lowest BCUT2D eigenvalue weighted by Crippen LogP contribution is -1.16. The van der Waals surface area contributed by atoms with Crippen LogP contribution in [0, 0.1) is 27.0 Å². The van der Waals surface area contributed by atoms with Gasteiger partial charge in [-0.3, -0.25) is 0 Å². The molecule has 0 aromatic heterocycles. The Morgan fingerprint density at radius 3 is 0.333 bits per heavy atom. The number of carbonyl (C=O) groups excluding carboxylic acids is 5. The highest BCUT2D eigenvalue weighted by Crippen LogP contribution is 0.880. The van der Waals surface area contributed by atoms with Crippen LogP contribution in [0.15, 0.2) is 0 Å². The molecule has 0 saturated heterocycles. The molecule has 0 amide bonds. The van der Waals surface area contributed by atoms with Crippen molar-refractivity contribution in [3.8, 4) is 0 Å². The molecule has 0 aromatic rings. The third-order valence-corrected chi connectivity index (χ3v) is 0. The van der Waals surface area contributed by atoms with Gasteiger partial charge in [-0.25, -0.2) is 51.0 Å². The lowest BCUT2D eigenvalue weighted by Gasteiger charge is -1.02. The van der Waals surface area contributed by atoms with Crippen LogP contribution in [0.4, 0.5) is 0 Å². The zero-order valence-electron chi connectivity index (χ0n) is 7.04. The summed E-state index contributed by atoms with van der Waals surface area (Å²) in [5.41, 5.74) is 0. The molecule has 0 aliphatic rings. The Kier molecular flexibility index (Phi) is 6050. The van der Waals surface area contributed by atoms with Gasteiger partial charge in [0.15, 0.2) is 0 Å². The van der Waals surface area contributed by atoms with E-state index in [4.69, 9.17) is 51.0 Å². The maximum absolute atomic E-state index is 8.35. The number of rotatable bonds is 0. The summed E-state index contributed by atoms with van der Waals surface area (Å²) in [6, 6.07) is 0. The van der Waals surface area contributed by atoms with Crippen molar-refractivity contribution in [2.24, 2.45) is 0 Å². The molecule has 0 aromatic carbocycles. The van der Waals surface area contributed by atoms with E-state index in [2.05, 4.69) is 0 Å². The van der Waals surface area contributed by atoms with Gasteiger partial charge < -0.3 is 0 Å². The number of hydrogen-bond donors (Lipinski definition) is 5. The summed E-state index contributed by atoms with van der Waals surface area (Å²) in [6.45, 7) is 0. The second-order valence-electron chi connectivity index (χ2n) is 0.510. The lowest BCUT2D eigenvalue weighted by molar-refractivity contribution is 0.562. The van der Waals surface area contributed by atoms with Gasteiger partial charge >= 0.3 is 0 Å². The van der Waals surface area contributed by atoms with Crippen LogP contribution >= 0.6 is 0 Å². The van der Waals surface area contributed by atoms with Gasteiger partial charge in [0.1, 0.15) is 0 Å². The summed E-state index contributed by atoms with van der Waals surface area (Å²) < 4.78 is 0. The van der Waals surface area contributed by atoms with E-state index in [-0.39, 0.29) is 44.6 Å². The Bertz CT molecular complexity index is 206. The Morgan fingerprint density at radius 2 is 0.333 bits per heavy atom. The van der Waals surface area contributed by atoms with Crippen molar-refractivity contribution >= 4 is 30.4 Å². The first kappa shape index (κ1) is 107. The first-order chi connectivity index (χ1) is 7.07. The summed E-state index contributed by atoms with van der Waals surface area (Å²) in [4.78, 5) is 41.7. The summed E-state index contributed by atoms with van der Waals surface area (Å²) in [7, 11) is 0. The van der Waals surface area contributed by atoms with E-state index in [1.807, 2.05) is 0 Å². The van der Waals surface area contributed by atoms with Crippen molar-refractivity contribution in [2.75, 3.05) is 0 Å². The summed E-state index contributed by atoms with van der Waals surface area (Å²) in [5.74, 6) is 0. The number of nitrogens with one attached hydrogen (secondary N) is 5. The average molecular weight is 311 g/mol. The predicted octanol–water partition coefficient (Wildman–Crippen LogP) is 3.32. The van der Waals surface area contributed by atoms with Crippen LogP contribution in [0.3, 0.4) is 0 Å². The third kappa shape index (κ3) is 390. The molecule has 21 heavy (non-hydrogen) atoms. The van der Waals surface area contributed by atoms with Crippen molar-refractivity contribution in [3.63, 3.8) is 0 Å². The minimum absolute atomic E-state index is 0. The molecule has 0 rings (SSSR count). The fourth-order valence-electron chi connectivity index (χ4n) is 0. The molecule has 0 atom stereocenters. The van der Waals surface area contributed by atoms with Crippen LogP contribution in [-0.2, 0) is 24.0 Å². The molecule has 0 aliphatic heterocycles. The molecule has 0 spiro atoms. The lowest BCUT2D eigenvalue weighted by atomic mass is 11.7. The van der Waals surface area contributed by atoms with Gasteiger partial charge in [0, 0.05) is 0 Å². The van der Waals surface area contributed by atoms with Crippen molar-refractivity contribution in [3.05, 3.63) is 0 Å². The molecule has 10 nitrogen and oxygen atoms in total. The standard InChI is InChI=1S/5CHNO.6CH4/c5*2-1-3;;;;;;/h5*2H;6*1H4. The first-order valence-corrected chi connectivity index (χ1v) is 2.27. The third-order valence-electron chi connectivity index (χ3n) is 0. The molecular formula is C11H29N5O5. The zero-order chi connectivity index (χ0) is 13.5. The molecule has 10 heteroatoms. The van der Waals surface area contributed by atoms with E-state index in [0.717, 1.165) is 30.4 Å². The van der Waals surface area contributed by atoms with Crippen LogP contribution in [0.1, 0.15) is 44.6 Å². The molecule has 128 valence electrons. The molecule has 0 fully saturated rings. The highest BCUT2D eigenvalue weighted by atomic mass is 16.1. The topological polar surface area (TPSA) is 205 Å². The van der Waals surface area contributed by atoms with Gasteiger partial charge in [0.05, 0.1) is 0 Å². The second-order valence-corrected chi connectivity index (χ2v) is 0.510. The quantitative estimate of drug-likeness (QED) is 0.336. The molecule has 0 radical (unpaired) electrons. The molecular weight excluding hydrogens is 282 g/mol. The van der Waals surface area contributed by atoms with Crippen LogP contribution in [0.5, 0.6) is 0 Å². The Balaban J connectivity index is -0.00000000617. The smallest absolute Gasteiger partial charge is 0.222 e. The minimum atomic E-state index is 0. The van der Waals surface area contributed by atoms with Crippen molar-refractivity contribution in [2.45, 2.75) is 44.6 Å². The van der Waals surface area contributed by atoms with Crippen molar-refractivity contribution < 1.29 is 24.0 Å². The van der Waals surface area contributed by atoms with E-state index in [1.54, 1.807) is 0 Å². The van der Waals surface area contributed by atoms with Crippen molar-refractivity contribution in [1.82, 2.24) is 0 Å². The molecule has 0 aliphatic carbocycles. The molecule has 0 heterocycles. The molecule has 0 saturated carbocycles. The first-order valence-electron chi connectivity index (χ1n) is 2.27. The van der Waals surface area contributed by atoms with E-state index < -0.39 is 0 Å². The summed E-state index contributed by atoms with van der Waals surface area (Å²) >= 11 is 0. The summed E-state index contributed by atoms with van der Waals surface area (Å²) in [6.07, 6.45) is 3.75. The Morgan fingerprint density at radius 1 is 0.333 bits per heavy atom. The van der Waals surface area contributed by atoms with Gasteiger partial charge in [-0.2, -0.15) is 0 Å². The Hall–Kier alpha value is -3.10. The minimum Gasteiger partial charge on any atom is -0.222 e. The summed E-state index contributed by atoms with van der Waals surface area (Å²) in [5, 5.41) is 27.0. The molecule has 5 N–H and O–H groups in total. The second kappa shape index (κ2) is 1180. The molecule has 0 bridgehead atoms. The largest absolute Gasteiger partial charge is 0.231 e. The SMILES string of the molecule is C.C.C.C.C.C.N=C=O.N=C=O.N=C=O.N=C=O.N=C=O.